The predicted octanol–water partition coefficient (Wildman–Crippen LogP) is 4.07. The van der Waals surface area contributed by atoms with Gasteiger partial charge in [-0.1, -0.05) is 30.3 Å². The van der Waals surface area contributed by atoms with Crippen molar-refractivity contribution < 1.29 is 24.5 Å². The molecule has 3 aromatic rings. The van der Waals surface area contributed by atoms with E-state index in [0.29, 0.717) is 22.8 Å². The zero-order chi connectivity index (χ0) is 22.9. The van der Waals surface area contributed by atoms with Crippen LogP contribution >= 0.6 is 0 Å². The second kappa shape index (κ2) is 8.32. The summed E-state index contributed by atoms with van der Waals surface area (Å²) in [4.78, 5) is 27.9. The number of carboxylic acid groups (broad SMARTS) is 1. The molecule has 2 aromatic carbocycles. The first-order valence-electron chi connectivity index (χ1n) is 10.1. The molecular formula is C24H23N3O5. The van der Waals surface area contributed by atoms with Crippen molar-refractivity contribution in [3.63, 3.8) is 0 Å². The van der Waals surface area contributed by atoms with Crippen molar-refractivity contribution >= 4 is 29.1 Å². The second-order valence-electron chi connectivity index (χ2n) is 8.00. The molecule has 164 valence electrons. The fraction of sp³-hybridized carbons (Fsp3) is 0.208. The molecule has 0 saturated carbocycles. The van der Waals surface area contributed by atoms with Crippen molar-refractivity contribution in [2.45, 2.75) is 25.5 Å². The van der Waals surface area contributed by atoms with Gasteiger partial charge < -0.3 is 25.6 Å². The van der Waals surface area contributed by atoms with Gasteiger partial charge >= 0.3 is 11.9 Å². The van der Waals surface area contributed by atoms with Gasteiger partial charge in [-0.25, -0.2) is 14.6 Å². The van der Waals surface area contributed by atoms with E-state index >= 15 is 0 Å². The number of anilines is 3. The normalized spacial score (nSPS) is 14.9. The molecule has 0 amide bonds. The van der Waals surface area contributed by atoms with E-state index in [9.17, 15) is 19.8 Å². The van der Waals surface area contributed by atoms with Crippen LogP contribution in [0.15, 0.2) is 60.8 Å². The number of ether oxygens (including phenoxy) is 1. The van der Waals surface area contributed by atoms with Crippen molar-refractivity contribution in [1.82, 2.24) is 4.98 Å². The molecular weight excluding hydrogens is 410 g/mol. The first kappa shape index (κ1) is 21.3. The van der Waals surface area contributed by atoms with Crippen LogP contribution in [0.3, 0.4) is 0 Å². The van der Waals surface area contributed by atoms with Crippen LogP contribution < -0.4 is 10.6 Å². The monoisotopic (exact) mass is 433 g/mol. The first-order valence-corrected chi connectivity index (χ1v) is 10.1. The maximum absolute atomic E-state index is 12.0. The molecule has 1 unspecified atom stereocenters. The van der Waals surface area contributed by atoms with Gasteiger partial charge in [0.15, 0.2) is 0 Å². The van der Waals surface area contributed by atoms with Crippen LogP contribution in [0.4, 0.5) is 17.2 Å². The minimum Gasteiger partial charge on any atom is -0.478 e. The molecule has 0 saturated heterocycles. The Morgan fingerprint density at radius 3 is 2.59 bits per heavy atom. The Hall–Kier alpha value is -3.91. The highest BCUT2D eigenvalue weighted by molar-refractivity contribution is 5.96. The van der Waals surface area contributed by atoms with E-state index in [0.717, 1.165) is 11.1 Å². The zero-order valence-corrected chi connectivity index (χ0v) is 17.6. The number of carbonyl (C=O) groups excluding carboxylic acids is 1. The number of cyclic esters (lactones) is 1. The van der Waals surface area contributed by atoms with E-state index in [1.165, 1.54) is 6.20 Å². The summed E-state index contributed by atoms with van der Waals surface area (Å²) in [6, 6.07) is 15.6. The van der Waals surface area contributed by atoms with Gasteiger partial charge in [-0.05, 0) is 37.6 Å². The summed E-state index contributed by atoms with van der Waals surface area (Å²) in [5.41, 5.74) is 2.35. The number of aliphatic hydroxyl groups is 1. The van der Waals surface area contributed by atoms with Crippen LogP contribution in [0.5, 0.6) is 0 Å². The SMILES string of the molecule is CC1(C)OC(=O)c2ccc(Nc3cc(NC(CO)c4ccccc4)c(C(=O)O)cn3)cc21. The molecule has 1 aliphatic rings. The lowest BCUT2D eigenvalue weighted by Crippen LogP contribution is -2.17. The van der Waals surface area contributed by atoms with E-state index in [-0.39, 0.29) is 18.1 Å². The maximum atomic E-state index is 12.0. The van der Waals surface area contributed by atoms with Crippen LogP contribution in [0.2, 0.25) is 0 Å². The third-order valence-electron chi connectivity index (χ3n) is 5.36. The standard InChI is InChI=1S/C24H23N3O5/c1-24(2)18-10-15(8-9-16(18)23(31)32-24)26-21-11-19(17(12-25-21)22(29)30)27-20(13-28)14-6-4-3-5-7-14/h3-12,20,28H,13H2,1-2H3,(H,29,30)(H2,25,26,27). The Morgan fingerprint density at radius 2 is 1.91 bits per heavy atom. The van der Waals surface area contributed by atoms with Gasteiger partial charge in [0.2, 0.25) is 0 Å². The number of rotatable bonds is 7. The third-order valence-corrected chi connectivity index (χ3v) is 5.36. The van der Waals surface area contributed by atoms with Crippen molar-refractivity contribution in [3.8, 4) is 0 Å². The summed E-state index contributed by atoms with van der Waals surface area (Å²) in [5.74, 6) is -1.08. The lowest BCUT2D eigenvalue weighted by molar-refractivity contribution is 0.00953. The number of aromatic nitrogens is 1. The van der Waals surface area contributed by atoms with Crippen LogP contribution in [0, 0.1) is 0 Å². The average Bonchev–Trinajstić information content (AvgIpc) is 3.00. The molecule has 4 rings (SSSR count). The largest absolute Gasteiger partial charge is 0.478 e. The van der Waals surface area contributed by atoms with E-state index in [4.69, 9.17) is 4.74 Å². The number of nitrogens with one attached hydrogen (secondary N) is 2. The molecule has 0 spiro atoms. The van der Waals surface area contributed by atoms with Gasteiger partial charge in [-0.15, -0.1) is 0 Å². The number of benzene rings is 2. The maximum Gasteiger partial charge on any atom is 0.339 e. The van der Waals surface area contributed by atoms with Gasteiger partial charge in [0.05, 0.1) is 23.9 Å². The van der Waals surface area contributed by atoms with Gasteiger partial charge in [-0.2, -0.15) is 0 Å². The second-order valence-corrected chi connectivity index (χ2v) is 8.00. The Morgan fingerprint density at radius 1 is 1.16 bits per heavy atom. The van der Waals surface area contributed by atoms with E-state index in [1.54, 1.807) is 18.2 Å². The minimum absolute atomic E-state index is 0.0148. The van der Waals surface area contributed by atoms with Crippen LogP contribution in [-0.2, 0) is 10.3 Å². The molecule has 0 radical (unpaired) electrons. The molecule has 0 aliphatic carbocycles. The fourth-order valence-corrected chi connectivity index (χ4v) is 3.71. The predicted molar refractivity (Wildman–Crippen MR) is 119 cm³/mol. The zero-order valence-electron chi connectivity index (χ0n) is 17.6. The number of fused-ring (bicyclic) bond motifs is 1. The summed E-state index contributed by atoms with van der Waals surface area (Å²) < 4.78 is 5.40. The van der Waals surface area contributed by atoms with Crippen LogP contribution in [0.1, 0.15) is 51.7 Å². The third kappa shape index (κ3) is 4.13. The Labute approximate surface area is 184 Å². The molecule has 32 heavy (non-hydrogen) atoms. The molecule has 2 heterocycles. The number of carbonyl (C=O) groups is 2. The van der Waals surface area contributed by atoms with Crippen molar-refractivity contribution in [3.05, 3.63) is 83.0 Å². The van der Waals surface area contributed by atoms with Crippen LogP contribution in [-0.4, -0.2) is 33.7 Å². The number of aliphatic hydroxyl groups excluding tert-OH is 1. The highest BCUT2D eigenvalue weighted by Crippen LogP contribution is 2.37. The Balaban J connectivity index is 1.64. The van der Waals surface area contributed by atoms with Crippen molar-refractivity contribution in [1.29, 1.82) is 0 Å². The lowest BCUT2D eigenvalue weighted by Gasteiger charge is -2.20. The molecule has 1 atom stereocenters. The smallest absolute Gasteiger partial charge is 0.339 e. The van der Waals surface area contributed by atoms with E-state index < -0.39 is 17.6 Å². The summed E-state index contributed by atoms with van der Waals surface area (Å²) in [5, 5.41) is 25.7. The van der Waals surface area contributed by atoms with Gasteiger partial charge in [0.1, 0.15) is 17.0 Å². The minimum atomic E-state index is -1.13. The highest BCUT2D eigenvalue weighted by atomic mass is 16.6. The van der Waals surface area contributed by atoms with Gasteiger partial charge in [-0.3, -0.25) is 0 Å². The van der Waals surface area contributed by atoms with Crippen LogP contribution in [0.25, 0.3) is 0 Å². The number of esters is 1. The van der Waals surface area contributed by atoms with E-state index in [1.807, 2.05) is 50.2 Å². The Kier molecular flexibility index (Phi) is 5.54. The molecule has 0 bridgehead atoms. The fourth-order valence-electron chi connectivity index (χ4n) is 3.71. The van der Waals surface area contributed by atoms with Gasteiger partial charge in [0.25, 0.3) is 0 Å². The average molecular weight is 433 g/mol. The molecule has 4 N–H and O–H groups in total. The molecule has 1 aliphatic heterocycles. The van der Waals surface area contributed by atoms with E-state index in [2.05, 4.69) is 15.6 Å². The molecule has 8 nitrogen and oxygen atoms in total. The number of hydrogen-bond acceptors (Lipinski definition) is 7. The number of aromatic carboxylic acids is 1. The van der Waals surface area contributed by atoms with Crippen molar-refractivity contribution in [2.24, 2.45) is 0 Å². The van der Waals surface area contributed by atoms with Crippen molar-refractivity contribution in [2.75, 3.05) is 17.2 Å². The summed E-state index contributed by atoms with van der Waals surface area (Å²) >= 11 is 0. The molecule has 1 aromatic heterocycles. The topological polar surface area (TPSA) is 121 Å². The molecule has 8 heteroatoms. The summed E-state index contributed by atoms with van der Waals surface area (Å²) in [7, 11) is 0. The van der Waals surface area contributed by atoms with Gasteiger partial charge in [0, 0.05) is 23.5 Å². The molecule has 0 fully saturated rings. The Bertz CT molecular complexity index is 1180. The highest BCUT2D eigenvalue weighted by Gasteiger charge is 2.37. The number of pyridine rings is 1. The quantitative estimate of drug-likeness (QED) is 0.412. The summed E-state index contributed by atoms with van der Waals surface area (Å²) in [6.45, 7) is 3.42. The number of carboxylic acids is 1. The number of nitrogens with zero attached hydrogens (tertiary/aromatic N) is 1. The lowest BCUT2D eigenvalue weighted by atomic mass is 9.95. The first-order chi connectivity index (χ1) is 15.3. The summed E-state index contributed by atoms with van der Waals surface area (Å²) in [6.07, 6.45) is 1.26. The number of hydrogen-bond donors (Lipinski definition) is 4.